The zero-order chi connectivity index (χ0) is 32.0. The lowest BCUT2D eigenvalue weighted by Crippen LogP contribution is -2.43. The number of thiol groups is 2. The fourth-order valence-electron chi connectivity index (χ4n) is 6.22. The summed E-state index contributed by atoms with van der Waals surface area (Å²) < 4.78 is 76.2. The van der Waals surface area contributed by atoms with E-state index in [1.54, 1.807) is 23.1 Å². The Balaban J connectivity index is 1.07. The van der Waals surface area contributed by atoms with Crippen LogP contribution in [0.1, 0.15) is 18.7 Å². The third-order valence-electron chi connectivity index (χ3n) is 8.50. The number of imidazole rings is 3. The number of hydrogen-bond acceptors (Lipinski definition) is 15. The summed E-state index contributed by atoms with van der Waals surface area (Å²) in [6, 6.07) is -0.286. The number of fused-ring (bicyclic) bond motifs is 6. The second-order valence-electron chi connectivity index (χ2n) is 11.1. The molecule has 0 amide bonds. The van der Waals surface area contributed by atoms with Gasteiger partial charge >= 0.3 is 13.6 Å². The van der Waals surface area contributed by atoms with Crippen molar-refractivity contribution in [3.8, 4) is 5.88 Å². The van der Waals surface area contributed by atoms with E-state index in [1.165, 1.54) is 17.2 Å². The normalized spacial score (nSPS) is 35.7. The minimum Gasteiger partial charge on any atom is -0.492 e. The van der Waals surface area contributed by atoms with Crippen LogP contribution in [0.25, 0.3) is 28.1 Å². The van der Waals surface area contributed by atoms with E-state index in [0.717, 1.165) is 0 Å². The lowest BCUT2D eigenvalue weighted by Gasteiger charge is -2.45. The quantitative estimate of drug-likeness (QED) is 0.153. The lowest BCUT2D eigenvalue weighted by atomic mass is 9.70. The van der Waals surface area contributed by atoms with Crippen LogP contribution in [-0.4, -0.2) is 86.7 Å². The predicted molar refractivity (Wildman–Crippen MR) is 163 cm³/mol. The van der Waals surface area contributed by atoms with E-state index in [0.29, 0.717) is 12.1 Å². The van der Waals surface area contributed by atoms with Gasteiger partial charge in [0, 0.05) is 24.4 Å². The number of alkyl halides is 1. The highest BCUT2D eigenvalue weighted by Crippen LogP contribution is 2.60. The Morgan fingerprint density at radius 1 is 0.978 bits per heavy atom. The molecule has 8 rings (SSSR count). The third-order valence-corrected chi connectivity index (χ3v) is 11.8. The number of aromatic nitrogens is 9. The minimum absolute atomic E-state index is 0.0867. The first-order chi connectivity index (χ1) is 22.0. The highest BCUT2D eigenvalue weighted by molar-refractivity contribution is 8.44. The van der Waals surface area contributed by atoms with Crippen LogP contribution in [0.4, 0.5) is 10.2 Å². The second-order valence-corrected chi connectivity index (χ2v) is 16.9. The Morgan fingerprint density at radius 2 is 1.74 bits per heavy atom. The van der Waals surface area contributed by atoms with Crippen molar-refractivity contribution >= 4 is 72.0 Å². The molecule has 2 unspecified atom stereocenters. The van der Waals surface area contributed by atoms with Crippen molar-refractivity contribution in [1.82, 2.24) is 43.4 Å². The van der Waals surface area contributed by atoms with Crippen LogP contribution in [0.3, 0.4) is 0 Å². The van der Waals surface area contributed by atoms with Gasteiger partial charge in [0.2, 0.25) is 11.7 Å². The van der Waals surface area contributed by atoms with Crippen molar-refractivity contribution in [2.75, 3.05) is 25.6 Å². The molecule has 0 spiro atoms. The third kappa shape index (κ3) is 5.09. The topological polar surface area (TPSA) is 218 Å². The molecule has 5 aromatic rings. The van der Waals surface area contributed by atoms with Crippen LogP contribution in [0.5, 0.6) is 5.88 Å². The Morgan fingerprint density at radius 3 is 2.59 bits per heavy atom. The van der Waals surface area contributed by atoms with Crippen LogP contribution in [0.2, 0.25) is 0 Å². The summed E-state index contributed by atoms with van der Waals surface area (Å²) in [7, 11) is 0. The van der Waals surface area contributed by atoms with Gasteiger partial charge in [-0.25, -0.2) is 38.4 Å². The summed E-state index contributed by atoms with van der Waals surface area (Å²) in [5.41, 5.74) is 7.09. The first-order valence-electron chi connectivity index (χ1n) is 13.9. The zero-order valence-corrected chi connectivity index (χ0v) is 26.9. The van der Waals surface area contributed by atoms with E-state index < -0.39 is 44.8 Å². The van der Waals surface area contributed by atoms with Gasteiger partial charge < -0.3 is 29.2 Å². The first kappa shape index (κ1) is 30.5. The summed E-state index contributed by atoms with van der Waals surface area (Å²) in [5, 5.41) is 10.4. The molecular formula is C23H25FN10O8P2S2. The molecule has 23 heteroatoms. The van der Waals surface area contributed by atoms with Gasteiger partial charge in [-0.1, -0.05) is 24.5 Å². The number of rotatable bonds is 2. The fourth-order valence-corrected chi connectivity index (χ4v) is 8.91. The molecule has 0 bridgehead atoms. The molecule has 3 fully saturated rings. The van der Waals surface area contributed by atoms with Gasteiger partial charge in [0.05, 0.1) is 32.5 Å². The predicted octanol–water partition coefficient (Wildman–Crippen LogP) is 3.14. The molecule has 0 radical (unpaired) electrons. The van der Waals surface area contributed by atoms with Crippen LogP contribution < -0.4 is 5.73 Å². The van der Waals surface area contributed by atoms with Crippen molar-refractivity contribution in [3.05, 3.63) is 31.4 Å². The molecule has 46 heavy (non-hydrogen) atoms. The van der Waals surface area contributed by atoms with Crippen molar-refractivity contribution in [2.24, 2.45) is 11.8 Å². The van der Waals surface area contributed by atoms with Gasteiger partial charge in [0.25, 0.3) is 0 Å². The van der Waals surface area contributed by atoms with Crippen molar-refractivity contribution < 1.29 is 41.5 Å². The number of nitrogens with two attached hydrogens (primary N) is 1. The number of hydrogen-bond donors (Lipinski definition) is 4. The summed E-state index contributed by atoms with van der Waals surface area (Å²) in [4.78, 5) is 24.7. The molecule has 244 valence electrons. The molecule has 1 saturated carbocycles. The molecule has 7 heterocycles. The van der Waals surface area contributed by atoms with Crippen molar-refractivity contribution in [3.63, 3.8) is 0 Å². The molecule has 18 nitrogen and oxygen atoms in total. The number of aromatic hydroxyl groups is 1. The van der Waals surface area contributed by atoms with E-state index in [1.807, 2.05) is 4.57 Å². The summed E-state index contributed by atoms with van der Waals surface area (Å²) in [5.74, 6) is -0.579. The molecule has 3 aliphatic rings. The van der Waals surface area contributed by atoms with Crippen molar-refractivity contribution in [1.29, 1.82) is 0 Å². The van der Waals surface area contributed by atoms with Crippen LogP contribution in [0.15, 0.2) is 31.4 Å². The Bertz CT molecular complexity index is 2080. The molecule has 0 aromatic carbocycles. The first-order valence-corrected chi connectivity index (χ1v) is 19.3. The molecule has 9 atom stereocenters. The van der Waals surface area contributed by atoms with E-state index in [-0.39, 0.29) is 65.2 Å². The molecule has 2 aliphatic heterocycles. The standard InChI is InChI=1S/C23H25FN10O8P2S2/c24-14-17-13(41-22(14)34-9-29-15-18(25)27-7-28-19(15)34)6-40-43(36,45)39-5-11-10(4-38-44(37,46)42-17)3-12(11)33-8-30-16-20(35)31-23-26-1-2-32(23)21(16)33/h1-2,7-14,17,22H,3-6H2,(H,36,45)(H,37,46)(H2,25,27,28)(H,26,31,35)/t10-,11-,12-,13-,14-,17-,22-,43?,44?/m1/s1. The summed E-state index contributed by atoms with van der Waals surface area (Å²) in [6.07, 6.45) is 1.66. The SMILES string of the molecule is Nc1ncnc2c1ncn2[C@@H]1O[C@@H]2COP(=O)(S)OC[C@@H]3[C@@H](COP(=O)(S)O[C@H]2[C@H]1F)C[C@H]3n1cnc2c(O)nc3nccn3c21. The van der Waals surface area contributed by atoms with E-state index in [2.05, 4.69) is 54.4 Å². The van der Waals surface area contributed by atoms with E-state index in [9.17, 15) is 14.2 Å². The van der Waals surface area contributed by atoms with Gasteiger partial charge in [-0.2, -0.15) is 4.98 Å². The number of nitrogens with zero attached hydrogens (tertiary/aromatic N) is 9. The van der Waals surface area contributed by atoms with Crippen LogP contribution in [0, 0.1) is 11.8 Å². The molecule has 3 N–H and O–H groups in total. The molecular weight excluding hydrogens is 689 g/mol. The fraction of sp³-hybridized carbons (Fsp3) is 0.478. The largest absolute Gasteiger partial charge is 0.492 e. The smallest absolute Gasteiger partial charge is 0.386 e. The van der Waals surface area contributed by atoms with Gasteiger partial charge in [0.1, 0.15) is 24.1 Å². The molecule has 2 saturated heterocycles. The van der Waals surface area contributed by atoms with E-state index in [4.69, 9.17) is 28.6 Å². The van der Waals surface area contributed by atoms with Crippen molar-refractivity contribution in [2.45, 2.75) is 37.1 Å². The van der Waals surface area contributed by atoms with Gasteiger partial charge in [-0.3, -0.25) is 18.0 Å². The maximum Gasteiger partial charge on any atom is 0.386 e. The Hall–Kier alpha value is -2.87. The summed E-state index contributed by atoms with van der Waals surface area (Å²) in [6.45, 7) is -8.94. The zero-order valence-electron chi connectivity index (χ0n) is 23.3. The Labute approximate surface area is 268 Å². The highest BCUT2D eigenvalue weighted by atomic mass is 32.7. The lowest BCUT2D eigenvalue weighted by molar-refractivity contribution is -0.0408. The highest BCUT2D eigenvalue weighted by Gasteiger charge is 2.52. The van der Waals surface area contributed by atoms with E-state index >= 15 is 4.39 Å². The van der Waals surface area contributed by atoms with Gasteiger partial charge in [-0.15, -0.1) is 0 Å². The number of halogens is 1. The molecule has 5 aromatic heterocycles. The van der Waals surface area contributed by atoms with Crippen LogP contribution >= 0.6 is 38.1 Å². The maximum atomic E-state index is 16.1. The monoisotopic (exact) mass is 714 g/mol. The summed E-state index contributed by atoms with van der Waals surface area (Å²) >= 11 is 8.29. The molecule has 1 aliphatic carbocycles. The number of ether oxygens (including phenoxy) is 1. The average molecular weight is 715 g/mol. The second kappa shape index (κ2) is 11.1. The van der Waals surface area contributed by atoms with Crippen LogP contribution in [-0.2, 0) is 32.0 Å². The number of anilines is 1. The minimum atomic E-state index is -4.18. The Kier molecular flexibility index (Phi) is 7.35. The number of nitrogen functional groups attached to an aromatic ring is 1. The van der Waals surface area contributed by atoms with Gasteiger partial charge in [0.15, 0.2) is 35.0 Å². The maximum absolute atomic E-state index is 16.1. The average Bonchev–Trinajstić information content (AvgIpc) is 3.78. The van der Waals surface area contributed by atoms with Gasteiger partial charge in [-0.05, 0) is 12.3 Å².